The molecule has 0 aliphatic heterocycles. The molecule has 0 bridgehead atoms. The summed E-state index contributed by atoms with van der Waals surface area (Å²) in [6.07, 6.45) is 1.34. The number of carbonyl (C=O) groups is 1. The molecule has 0 heterocycles. The Kier molecular flexibility index (Phi) is 8.35. The van der Waals surface area contributed by atoms with Crippen molar-refractivity contribution in [1.82, 2.24) is 0 Å². The normalized spacial score (nSPS) is 10.7. The number of non-ortho nitro benzene ring substituents is 1. The summed E-state index contributed by atoms with van der Waals surface area (Å²) in [4.78, 5) is 33.4. The van der Waals surface area contributed by atoms with Crippen molar-refractivity contribution in [3.63, 3.8) is 0 Å². The lowest BCUT2D eigenvalue weighted by Crippen LogP contribution is -2.13. The van der Waals surface area contributed by atoms with Crippen molar-refractivity contribution >= 4 is 29.0 Å². The van der Waals surface area contributed by atoms with Gasteiger partial charge in [0.25, 0.3) is 11.6 Å². The molecule has 37 heavy (non-hydrogen) atoms. The number of rotatable bonds is 10. The molecule has 188 valence electrons. The van der Waals surface area contributed by atoms with Gasteiger partial charge in [-0.25, -0.2) is 0 Å². The Hall–Kier alpha value is -5.44. The predicted molar refractivity (Wildman–Crippen MR) is 133 cm³/mol. The van der Waals surface area contributed by atoms with E-state index in [2.05, 4.69) is 5.32 Å². The van der Waals surface area contributed by atoms with E-state index in [9.17, 15) is 30.3 Å². The monoisotopic (exact) mass is 504 g/mol. The smallest absolute Gasteiger partial charge is 0.318 e. The minimum Gasteiger partial charge on any atom is -0.494 e. The van der Waals surface area contributed by atoms with Crippen molar-refractivity contribution in [1.29, 1.82) is 5.26 Å². The summed E-state index contributed by atoms with van der Waals surface area (Å²) in [5.41, 5.74) is -0.390. The van der Waals surface area contributed by atoms with E-state index >= 15 is 0 Å². The van der Waals surface area contributed by atoms with Crippen LogP contribution in [-0.4, -0.2) is 29.5 Å². The molecule has 0 unspecified atom stereocenters. The fourth-order valence-electron chi connectivity index (χ4n) is 3.17. The van der Waals surface area contributed by atoms with Crippen LogP contribution in [0.25, 0.3) is 6.08 Å². The number of nitro benzene ring substituents is 2. The molecule has 12 heteroatoms. The molecule has 12 nitrogen and oxygen atoms in total. The van der Waals surface area contributed by atoms with Crippen LogP contribution >= 0.6 is 0 Å². The van der Waals surface area contributed by atoms with Crippen molar-refractivity contribution in [2.24, 2.45) is 0 Å². The topological polar surface area (TPSA) is 167 Å². The molecular weight excluding hydrogens is 484 g/mol. The molecule has 0 aliphatic rings. The first-order valence-electron chi connectivity index (χ1n) is 10.7. The Morgan fingerprint density at radius 1 is 1.03 bits per heavy atom. The van der Waals surface area contributed by atoms with Crippen LogP contribution in [0.1, 0.15) is 12.5 Å². The highest BCUT2D eigenvalue weighted by Crippen LogP contribution is 2.38. The molecule has 3 aromatic carbocycles. The van der Waals surface area contributed by atoms with Crippen LogP contribution in [0.2, 0.25) is 0 Å². The maximum atomic E-state index is 12.6. The summed E-state index contributed by atoms with van der Waals surface area (Å²) in [5.74, 6) is -0.0901. The maximum Gasteiger partial charge on any atom is 0.318 e. The van der Waals surface area contributed by atoms with E-state index in [1.165, 1.54) is 31.4 Å². The SMILES string of the molecule is CCOc1cccc(NC(=O)/C(C#N)=C/c2ccc(Oc3ccc([N+](=O)[O-])cc3[N+](=O)[O-])c(OC)c2)c1. The van der Waals surface area contributed by atoms with Gasteiger partial charge in [0.05, 0.1) is 29.6 Å². The van der Waals surface area contributed by atoms with Gasteiger partial charge in [-0.15, -0.1) is 0 Å². The van der Waals surface area contributed by atoms with Crippen LogP contribution in [0.15, 0.2) is 66.2 Å². The van der Waals surface area contributed by atoms with Gasteiger partial charge in [-0.1, -0.05) is 12.1 Å². The van der Waals surface area contributed by atoms with Crippen LogP contribution in [0.4, 0.5) is 17.1 Å². The molecule has 0 atom stereocenters. The first kappa shape index (κ1) is 26.2. The highest BCUT2D eigenvalue weighted by Gasteiger charge is 2.22. The van der Waals surface area contributed by atoms with Crippen LogP contribution in [-0.2, 0) is 4.79 Å². The average molecular weight is 504 g/mol. The molecule has 0 radical (unpaired) electrons. The standard InChI is InChI=1S/C25H20N4O8/c1-3-36-20-6-4-5-18(13-20)27-25(30)17(15-26)11-16-7-9-23(24(12-16)35-2)37-22-10-8-19(28(31)32)14-21(22)29(33)34/h4-14H,3H2,1-2H3,(H,27,30)/b17-11+. The molecule has 0 aromatic heterocycles. The van der Waals surface area contributed by atoms with Gasteiger partial charge in [0.2, 0.25) is 5.75 Å². The zero-order valence-corrected chi connectivity index (χ0v) is 19.7. The fraction of sp³-hybridized carbons (Fsp3) is 0.120. The lowest BCUT2D eigenvalue weighted by Gasteiger charge is -2.11. The van der Waals surface area contributed by atoms with Crippen LogP contribution in [0.3, 0.4) is 0 Å². The molecule has 3 rings (SSSR count). The van der Waals surface area contributed by atoms with Gasteiger partial charge in [-0.3, -0.25) is 25.0 Å². The molecule has 0 saturated carbocycles. The highest BCUT2D eigenvalue weighted by atomic mass is 16.6. The predicted octanol–water partition coefficient (Wildman–Crippen LogP) is 5.25. The number of nitrogens with zero attached hydrogens (tertiary/aromatic N) is 3. The zero-order valence-electron chi connectivity index (χ0n) is 19.7. The van der Waals surface area contributed by atoms with Crippen molar-refractivity contribution in [3.05, 3.63) is 92.0 Å². The number of nitrogens with one attached hydrogen (secondary N) is 1. The minimum absolute atomic E-state index is 0.0762. The lowest BCUT2D eigenvalue weighted by atomic mass is 10.1. The van der Waals surface area contributed by atoms with Gasteiger partial charge in [-0.05, 0) is 48.9 Å². The van der Waals surface area contributed by atoms with E-state index in [-0.39, 0.29) is 22.8 Å². The van der Waals surface area contributed by atoms with Crippen LogP contribution in [0.5, 0.6) is 23.0 Å². The third kappa shape index (κ3) is 6.58. The number of hydrogen-bond acceptors (Lipinski definition) is 9. The van der Waals surface area contributed by atoms with Gasteiger partial charge in [0.1, 0.15) is 17.4 Å². The zero-order chi connectivity index (χ0) is 26.9. The Morgan fingerprint density at radius 3 is 2.43 bits per heavy atom. The molecule has 0 spiro atoms. The van der Waals surface area contributed by atoms with E-state index in [1.807, 2.05) is 13.0 Å². The first-order valence-corrected chi connectivity index (χ1v) is 10.7. The molecule has 3 aromatic rings. The van der Waals surface area contributed by atoms with Gasteiger partial charge in [0, 0.05) is 17.8 Å². The summed E-state index contributed by atoms with van der Waals surface area (Å²) in [5, 5.41) is 34.5. The summed E-state index contributed by atoms with van der Waals surface area (Å²) < 4.78 is 16.3. The van der Waals surface area contributed by atoms with E-state index in [0.29, 0.717) is 23.6 Å². The molecule has 1 N–H and O–H groups in total. The number of nitriles is 1. The number of benzene rings is 3. The van der Waals surface area contributed by atoms with Crippen molar-refractivity contribution in [3.8, 4) is 29.1 Å². The number of anilines is 1. The molecule has 0 saturated heterocycles. The van der Waals surface area contributed by atoms with Crippen LogP contribution in [0, 0.1) is 31.6 Å². The Bertz CT molecular complexity index is 1430. The summed E-state index contributed by atoms with van der Waals surface area (Å²) in [7, 11) is 1.34. The maximum absolute atomic E-state index is 12.6. The number of nitro groups is 2. The highest BCUT2D eigenvalue weighted by molar-refractivity contribution is 6.09. The first-order chi connectivity index (χ1) is 17.7. The second-order valence-electron chi connectivity index (χ2n) is 7.26. The quantitative estimate of drug-likeness (QED) is 0.168. The molecule has 1 amide bonds. The van der Waals surface area contributed by atoms with Gasteiger partial charge >= 0.3 is 5.69 Å². The van der Waals surface area contributed by atoms with Crippen molar-refractivity contribution < 1.29 is 28.9 Å². The number of methoxy groups -OCH3 is 1. The average Bonchev–Trinajstić information content (AvgIpc) is 2.88. The van der Waals surface area contributed by atoms with Gasteiger partial charge in [0.15, 0.2) is 11.5 Å². The van der Waals surface area contributed by atoms with E-state index < -0.39 is 27.1 Å². The summed E-state index contributed by atoms with van der Waals surface area (Å²) in [6, 6.07) is 16.0. The minimum atomic E-state index is -0.798. The van der Waals surface area contributed by atoms with E-state index in [1.54, 1.807) is 24.3 Å². The Balaban J connectivity index is 1.86. The Morgan fingerprint density at radius 2 is 1.78 bits per heavy atom. The van der Waals surface area contributed by atoms with Crippen molar-refractivity contribution in [2.75, 3.05) is 19.0 Å². The largest absolute Gasteiger partial charge is 0.494 e. The summed E-state index contributed by atoms with van der Waals surface area (Å²) in [6.45, 7) is 2.29. The fourth-order valence-corrected chi connectivity index (χ4v) is 3.17. The third-order valence-corrected chi connectivity index (χ3v) is 4.84. The number of ether oxygens (including phenoxy) is 3. The van der Waals surface area contributed by atoms with Gasteiger partial charge in [-0.2, -0.15) is 5.26 Å². The second-order valence-corrected chi connectivity index (χ2v) is 7.26. The summed E-state index contributed by atoms with van der Waals surface area (Å²) >= 11 is 0. The van der Waals surface area contributed by atoms with Gasteiger partial charge < -0.3 is 19.5 Å². The molecular formula is C25H20N4O8. The van der Waals surface area contributed by atoms with E-state index in [4.69, 9.17) is 14.2 Å². The lowest BCUT2D eigenvalue weighted by molar-refractivity contribution is -0.394. The molecule has 0 aliphatic carbocycles. The van der Waals surface area contributed by atoms with E-state index in [0.717, 1.165) is 18.2 Å². The Labute approximate surface area is 210 Å². The van der Waals surface area contributed by atoms with Crippen LogP contribution < -0.4 is 19.5 Å². The third-order valence-electron chi connectivity index (χ3n) is 4.84. The number of amides is 1. The number of hydrogen-bond donors (Lipinski definition) is 1. The van der Waals surface area contributed by atoms with Crippen molar-refractivity contribution in [2.45, 2.75) is 6.92 Å². The number of carbonyl (C=O) groups excluding carboxylic acids is 1. The molecule has 0 fully saturated rings. The second kappa shape index (κ2) is 11.8.